The third kappa shape index (κ3) is 3.23. The van der Waals surface area contributed by atoms with Gasteiger partial charge in [-0.2, -0.15) is 11.3 Å². The molecule has 2 heterocycles. The Labute approximate surface area is 136 Å². The third-order valence-electron chi connectivity index (χ3n) is 3.46. The third-order valence-corrected chi connectivity index (χ3v) is 4.41. The van der Waals surface area contributed by atoms with Crippen LogP contribution in [-0.4, -0.2) is 24.5 Å². The van der Waals surface area contributed by atoms with E-state index >= 15 is 0 Å². The second-order valence-corrected chi connectivity index (χ2v) is 6.17. The number of urea groups is 1. The molecule has 0 saturated carbocycles. The zero-order valence-electron chi connectivity index (χ0n) is 11.5. The smallest absolute Gasteiger partial charge is 0.315 e. The highest BCUT2D eigenvalue weighted by atomic mass is 35.5. The molecule has 5 nitrogen and oxygen atoms in total. The first kappa shape index (κ1) is 14.9. The number of rotatable bonds is 4. The number of hydrogen-bond acceptors (Lipinski definition) is 3. The highest BCUT2D eigenvalue weighted by Gasteiger charge is 2.29. The molecule has 1 saturated heterocycles. The van der Waals surface area contributed by atoms with Crippen LogP contribution in [0, 0.1) is 0 Å². The first-order valence-electron chi connectivity index (χ1n) is 6.76. The molecule has 1 aromatic heterocycles. The van der Waals surface area contributed by atoms with Crippen molar-refractivity contribution in [3.05, 3.63) is 57.2 Å². The average Bonchev–Trinajstić information content (AvgIpc) is 3.17. The minimum Gasteiger partial charge on any atom is -0.343 e. The first-order valence-corrected chi connectivity index (χ1v) is 8.08. The van der Waals surface area contributed by atoms with Gasteiger partial charge in [0.05, 0.1) is 6.04 Å². The van der Waals surface area contributed by atoms with Crippen LogP contribution >= 0.6 is 22.9 Å². The van der Waals surface area contributed by atoms with E-state index in [1.165, 1.54) is 0 Å². The van der Waals surface area contributed by atoms with Crippen LogP contribution < -0.4 is 16.0 Å². The van der Waals surface area contributed by atoms with Gasteiger partial charge >= 0.3 is 6.03 Å². The van der Waals surface area contributed by atoms with Gasteiger partial charge in [-0.3, -0.25) is 4.79 Å². The standard InChI is InChI=1S/C15H14ClN3O2S/c16-11-3-1-9(2-4-11)13(10-5-6-22-8-10)19-14(20)12-7-17-15(21)18-12/h1-6,8,12-13H,7H2,(H,19,20)(H2,17,18,21)/t12-,13-/m0/s1. The monoisotopic (exact) mass is 335 g/mol. The lowest BCUT2D eigenvalue weighted by molar-refractivity contribution is -0.122. The summed E-state index contributed by atoms with van der Waals surface area (Å²) in [6, 6.07) is 8.18. The number of hydrogen-bond donors (Lipinski definition) is 3. The Morgan fingerprint density at radius 2 is 2.05 bits per heavy atom. The van der Waals surface area contributed by atoms with E-state index in [1.807, 2.05) is 29.0 Å². The summed E-state index contributed by atoms with van der Waals surface area (Å²) in [5.41, 5.74) is 1.94. The van der Waals surface area contributed by atoms with Crippen molar-refractivity contribution in [2.45, 2.75) is 12.1 Å². The Bertz CT molecular complexity index is 673. The molecule has 0 spiro atoms. The number of halogens is 1. The summed E-state index contributed by atoms with van der Waals surface area (Å²) in [7, 11) is 0. The fourth-order valence-corrected chi connectivity index (χ4v) is 3.12. The molecule has 0 radical (unpaired) electrons. The van der Waals surface area contributed by atoms with Gasteiger partial charge in [-0.1, -0.05) is 23.7 Å². The summed E-state index contributed by atoms with van der Waals surface area (Å²) < 4.78 is 0. The van der Waals surface area contributed by atoms with Gasteiger partial charge in [0.25, 0.3) is 0 Å². The van der Waals surface area contributed by atoms with Crippen LogP contribution in [0.3, 0.4) is 0 Å². The molecule has 1 aromatic carbocycles. The maximum atomic E-state index is 12.3. The molecule has 0 unspecified atom stereocenters. The van der Waals surface area contributed by atoms with Crippen LogP contribution in [0.5, 0.6) is 0 Å². The van der Waals surface area contributed by atoms with E-state index in [9.17, 15) is 9.59 Å². The summed E-state index contributed by atoms with van der Waals surface area (Å²) in [5.74, 6) is -0.218. The molecule has 7 heteroatoms. The minimum absolute atomic E-state index is 0.218. The Morgan fingerprint density at radius 3 is 2.64 bits per heavy atom. The molecular weight excluding hydrogens is 322 g/mol. The second kappa shape index (κ2) is 6.37. The highest BCUT2D eigenvalue weighted by Crippen LogP contribution is 2.25. The molecule has 1 aliphatic heterocycles. The number of nitrogens with one attached hydrogen (secondary N) is 3. The van der Waals surface area contributed by atoms with Crippen molar-refractivity contribution in [3.8, 4) is 0 Å². The van der Waals surface area contributed by atoms with Gasteiger partial charge in [-0.05, 0) is 40.1 Å². The van der Waals surface area contributed by atoms with E-state index in [-0.39, 0.29) is 18.0 Å². The number of benzene rings is 1. The van der Waals surface area contributed by atoms with Crippen LogP contribution in [0.4, 0.5) is 4.79 Å². The molecule has 1 aliphatic rings. The van der Waals surface area contributed by atoms with Gasteiger partial charge in [-0.15, -0.1) is 0 Å². The van der Waals surface area contributed by atoms with E-state index in [1.54, 1.807) is 23.5 Å². The maximum Gasteiger partial charge on any atom is 0.315 e. The molecule has 0 bridgehead atoms. The van der Waals surface area contributed by atoms with Crippen LogP contribution in [0.25, 0.3) is 0 Å². The lowest BCUT2D eigenvalue weighted by atomic mass is 10.0. The quantitative estimate of drug-likeness (QED) is 0.802. The molecule has 1 fully saturated rings. The fourth-order valence-electron chi connectivity index (χ4n) is 2.31. The Hall–Kier alpha value is -2.05. The van der Waals surface area contributed by atoms with Crippen LogP contribution in [0.15, 0.2) is 41.1 Å². The molecule has 3 rings (SSSR count). The summed E-state index contributed by atoms with van der Waals surface area (Å²) in [5, 5.41) is 12.7. The number of thiophene rings is 1. The van der Waals surface area contributed by atoms with Crippen molar-refractivity contribution < 1.29 is 9.59 Å². The topological polar surface area (TPSA) is 70.2 Å². The minimum atomic E-state index is -0.555. The van der Waals surface area contributed by atoms with E-state index in [2.05, 4.69) is 16.0 Å². The van der Waals surface area contributed by atoms with Crippen molar-refractivity contribution in [2.24, 2.45) is 0 Å². The number of carbonyl (C=O) groups excluding carboxylic acids is 2. The summed E-state index contributed by atoms with van der Waals surface area (Å²) in [6.45, 7) is 0.293. The van der Waals surface area contributed by atoms with Crippen LogP contribution in [0.1, 0.15) is 17.2 Å². The van der Waals surface area contributed by atoms with Crippen molar-refractivity contribution in [3.63, 3.8) is 0 Å². The predicted molar refractivity (Wildman–Crippen MR) is 86.1 cm³/mol. The summed E-state index contributed by atoms with van der Waals surface area (Å²) >= 11 is 7.49. The van der Waals surface area contributed by atoms with E-state index in [0.29, 0.717) is 11.6 Å². The van der Waals surface area contributed by atoms with Crippen molar-refractivity contribution in [1.82, 2.24) is 16.0 Å². The van der Waals surface area contributed by atoms with Crippen LogP contribution in [0.2, 0.25) is 5.02 Å². The lowest BCUT2D eigenvalue weighted by Gasteiger charge is -2.20. The number of amides is 3. The molecule has 22 heavy (non-hydrogen) atoms. The van der Waals surface area contributed by atoms with E-state index in [0.717, 1.165) is 11.1 Å². The zero-order chi connectivity index (χ0) is 15.5. The van der Waals surface area contributed by atoms with Crippen molar-refractivity contribution in [1.29, 1.82) is 0 Å². The van der Waals surface area contributed by atoms with Crippen molar-refractivity contribution >= 4 is 34.9 Å². The Morgan fingerprint density at radius 1 is 1.27 bits per heavy atom. The van der Waals surface area contributed by atoms with Gasteiger partial charge in [0.15, 0.2) is 0 Å². The fraction of sp³-hybridized carbons (Fsp3) is 0.200. The van der Waals surface area contributed by atoms with Gasteiger partial charge in [0.1, 0.15) is 6.04 Å². The molecule has 2 atom stereocenters. The molecule has 2 aromatic rings. The summed E-state index contributed by atoms with van der Waals surface area (Å²) in [6.07, 6.45) is 0. The Kier molecular flexibility index (Phi) is 4.31. The normalized spacial score (nSPS) is 18.4. The molecular formula is C15H14ClN3O2S. The Balaban J connectivity index is 1.81. The maximum absolute atomic E-state index is 12.3. The van der Waals surface area contributed by atoms with Crippen molar-refractivity contribution in [2.75, 3.05) is 6.54 Å². The molecule has 3 amide bonds. The molecule has 114 valence electrons. The largest absolute Gasteiger partial charge is 0.343 e. The zero-order valence-corrected chi connectivity index (χ0v) is 13.1. The molecule has 3 N–H and O–H groups in total. The number of carbonyl (C=O) groups is 2. The van der Waals surface area contributed by atoms with E-state index < -0.39 is 6.04 Å². The summed E-state index contributed by atoms with van der Waals surface area (Å²) in [4.78, 5) is 23.5. The van der Waals surface area contributed by atoms with Gasteiger partial charge in [0.2, 0.25) is 5.91 Å². The van der Waals surface area contributed by atoms with E-state index in [4.69, 9.17) is 11.6 Å². The average molecular weight is 336 g/mol. The van der Waals surface area contributed by atoms with Gasteiger partial charge in [0, 0.05) is 11.6 Å². The lowest BCUT2D eigenvalue weighted by Crippen LogP contribution is -2.44. The highest BCUT2D eigenvalue weighted by molar-refractivity contribution is 7.08. The van der Waals surface area contributed by atoms with Crippen LogP contribution in [-0.2, 0) is 4.79 Å². The SMILES string of the molecule is O=C1NC[C@@H](C(=O)N[C@@H](c2ccc(Cl)cc2)c2ccsc2)N1. The predicted octanol–water partition coefficient (Wildman–Crippen LogP) is 2.29. The van der Waals surface area contributed by atoms with Gasteiger partial charge < -0.3 is 16.0 Å². The van der Waals surface area contributed by atoms with Gasteiger partial charge in [-0.25, -0.2) is 4.79 Å². The second-order valence-electron chi connectivity index (χ2n) is 4.96. The first-order chi connectivity index (χ1) is 10.6. The molecule has 0 aliphatic carbocycles.